The number of phenolic OH excluding ortho intramolecular Hbond substituents is 1. The van der Waals surface area contributed by atoms with E-state index in [4.69, 9.17) is 0 Å². The molecule has 0 aliphatic rings. The highest BCUT2D eigenvalue weighted by molar-refractivity contribution is 5.68. The number of aromatic nitrogens is 3. The zero-order chi connectivity index (χ0) is 14.7. The summed E-state index contributed by atoms with van der Waals surface area (Å²) in [6.07, 6.45) is 5.28. The zero-order valence-electron chi connectivity index (χ0n) is 11.1. The molecule has 0 radical (unpaired) electrons. The Morgan fingerprint density at radius 2 is 1.76 bits per heavy atom. The lowest BCUT2D eigenvalue weighted by atomic mass is 10.2. The summed E-state index contributed by atoms with van der Waals surface area (Å²) in [5.41, 5.74) is 1.55. The van der Waals surface area contributed by atoms with Gasteiger partial charge < -0.3 is 10.2 Å². The molecule has 0 aliphatic carbocycles. The first kappa shape index (κ1) is 12.9. The van der Waals surface area contributed by atoms with Gasteiger partial charge in [0, 0.05) is 12.3 Å². The first-order valence-corrected chi connectivity index (χ1v) is 6.40. The fraction of sp³-hybridized carbons (Fsp3) is 0. The summed E-state index contributed by atoms with van der Waals surface area (Å²) in [4.78, 5) is 4.14. The average Bonchev–Trinajstić information content (AvgIpc) is 2.89. The second-order valence-electron chi connectivity index (χ2n) is 4.45. The number of benzene rings is 1. The molecule has 3 rings (SSSR count). The van der Waals surface area contributed by atoms with Gasteiger partial charge in [-0.15, -0.1) is 0 Å². The minimum absolute atomic E-state index is 0.0269. The van der Waals surface area contributed by atoms with Gasteiger partial charge in [0.2, 0.25) is 5.88 Å². The van der Waals surface area contributed by atoms with Crippen LogP contribution >= 0.6 is 0 Å². The van der Waals surface area contributed by atoms with Crippen molar-refractivity contribution in [1.82, 2.24) is 14.8 Å². The zero-order valence-corrected chi connectivity index (χ0v) is 11.1. The van der Waals surface area contributed by atoms with Crippen LogP contribution < -0.4 is 0 Å². The molecule has 0 bridgehead atoms. The second-order valence-corrected chi connectivity index (χ2v) is 4.45. The summed E-state index contributed by atoms with van der Waals surface area (Å²) in [5, 5.41) is 23.4. The summed E-state index contributed by atoms with van der Waals surface area (Å²) in [6.45, 7) is 0. The predicted molar refractivity (Wildman–Crippen MR) is 80.1 cm³/mol. The number of nitrogens with zero attached hydrogens (tertiary/aromatic N) is 3. The Balaban J connectivity index is 1.86. The van der Waals surface area contributed by atoms with Gasteiger partial charge in [-0.1, -0.05) is 24.3 Å². The van der Waals surface area contributed by atoms with E-state index in [9.17, 15) is 10.2 Å². The lowest BCUT2D eigenvalue weighted by Crippen LogP contribution is -1.98. The standard InChI is InChI=1S/C16H13N3O2/c20-14-8-5-12(6-9-14)4-7-13-11-16(21)19(18-13)15-3-1-2-10-17-15/h1-11,20-21H/b7-4+. The van der Waals surface area contributed by atoms with E-state index in [2.05, 4.69) is 10.1 Å². The minimum atomic E-state index is 0.0269. The molecule has 0 aliphatic heterocycles. The fourth-order valence-electron chi connectivity index (χ4n) is 1.89. The van der Waals surface area contributed by atoms with Gasteiger partial charge in [-0.25, -0.2) is 4.98 Å². The summed E-state index contributed by atoms with van der Waals surface area (Å²) in [5.74, 6) is 0.808. The summed E-state index contributed by atoms with van der Waals surface area (Å²) < 4.78 is 1.37. The van der Waals surface area contributed by atoms with Gasteiger partial charge >= 0.3 is 0 Å². The molecular formula is C16H13N3O2. The van der Waals surface area contributed by atoms with Crippen LogP contribution in [0.15, 0.2) is 54.7 Å². The van der Waals surface area contributed by atoms with Crippen molar-refractivity contribution in [3.8, 4) is 17.4 Å². The smallest absolute Gasteiger partial charge is 0.216 e. The predicted octanol–water partition coefficient (Wildman–Crippen LogP) is 2.85. The van der Waals surface area contributed by atoms with Crippen LogP contribution in [-0.4, -0.2) is 25.0 Å². The molecule has 0 fully saturated rings. The Hall–Kier alpha value is -3.08. The third-order valence-corrected chi connectivity index (χ3v) is 2.92. The van der Waals surface area contributed by atoms with E-state index in [1.807, 2.05) is 12.1 Å². The largest absolute Gasteiger partial charge is 0.508 e. The van der Waals surface area contributed by atoms with E-state index in [0.29, 0.717) is 11.5 Å². The molecule has 2 aromatic heterocycles. The number of hydrogen-bond donors (Lipinski definition) is 2. The van der Waals surface area contributed by atoms with Crippen LogP contribution in [0, 0.1) is 0 Å². The normalized spacial score (nSPS) is 11.0. The van der Waals surface area contributed by atoms with Crippen molar-refractivity contribution in [2.24, 2.45) is 0 Å². The molecule has 5 nitrogen and oxygen atoms in total. The number of rotatable bonds is 3. The van der Waals surface area contributed by atoms with Crippen molar-refractivity contribution < 1.29 is 10.2 Å². The van der Waals surface area contributed by atoms with Gasteiger partial charge in [0.05, 0.1) is 5.69 Å². The molecule has 2 heterocycles. The first-order chi connectivity index (χ1) is 10.2. The third-order valence-electron chi connectivity index (χ3n) is 2.92. The van der Waals surface area contributed by atoms with Gasteiger partial charge in [0.1, 0.15) is 5.75 Å². The minimum Gasteiger partial charge on any atom is -0.508 e. The van der Waals surface area contributed by atoms with Crippen LogP contribution in [-0.2, 0) is 0 Å². The lowest BCUT2D eigenvalue weighted by molar-refractivity contribution is 0.432. The van der Waals surface area contributed by atoms with Gasteiger partial charge in [-0.2, -0.15) is 9.78 Å². The summed E-state index contributed by atoms with van der Waals surface area (Å²) in [7, 11) is 0. The topological polar surface area (TPSA) is 71.2 Å². The van der Waals surface area contributed by atoms with Crippen molar-refractivity contribution in [2.75, 3.05) is 0 Å². The molecule has 0 spiro atoms. The molecule has 1 aromatic carbocycles. The Labute approximate surface area is 121 Å². The summed E-state index contributed by atoms with van der Waals surface area (Å²) in [6, 6.07) is 13.8. The molecule has 0 amide bonds. The van der Waals surface area contributed by atoms with Gasteiger partial charge in [-0.05, 0) is 35.9 Å². The molecule has 104 valence electrons. The molecular weight excluding hydrogens is 266 g/mol. The van der Waals surface area contributed by atoms with Crippen LogP contribution in [0.25, 0.3) is 18.0 Å². The maximum absolute atomic E-state index is 9.91. The Bertz CT molecular complexity index is 762. The molecule has 21 heavy (non-hydrogen) atoms. The van der Waals surface area contributed by atoms with Crippen molar-refractivity contribution >= 4 is 12.2 Å². The number of phenols is 1. The van der Waals surface area contributed by atoms with E-state index in [1.54, 1.807) is 54.7 Å². The van der Waals surface area contributed by atoms with Crippen LogP contribution in [0.2, 0.25) is 0 Å². The lowest BCUT2D eigenvalue weighted by Gasteiger charge is -1.99. The second kappa shape index (κ2) is 5.50. The molecule has 0 saturated heterocycles. The van der Waals surface area contributed by atoms with Crippen molar-refractivity contribution in [1.29, 1.82) is 0 Å². The van der Waals surface area contributed by atoms with Crippen LogP contribution in [0.1, 0.15) is 11.3 Å². The Morgan fingerprint density at radius 3 is 2.48 bits per heavy atom. The number of pyridine rings is 1. The maximum Gasteiger partial charge on any atom is 0.216 e. The quantitative estimate of drug-likeness (QED) is 0.773. The SMILES string of the molecule is Oc1ccc(/C=C/c2cc(O)n(-c3ccccn3)n2)cc1. The molecule has 3 aromatic rings. The molecule has 0 saturated carbocycles. The van der Waals surface area contributed by atoms with Crippen LogP contribution in [0.4, 0.5) is 0 Å². The monoisotopic (exact) mass is 279 g/mol. The highest BCUT2D eigenvalue weighted by Gasteiger charge is 2.07. The third kappa shape index (κ3) is 2.92. The average molecular weight is 279 g/mol. The van der Waals surface area contributed by atoms with E-state index in [0.717, 1.165) is 5.56 Å². The highest BCUT2D eigenvalue weighted by Crippen LogP contribution is 2.18. The van der Waals surface area contributed by atoms with E-state index in [1.165, 1.54) is 4.68 Å². The van der Waals surface area contributed by atoms with Gasteiger partial charge in [0.25, 0.3) is 0 Å². The molecule has 5 heteroatoms. The van der Waals surface area contributed by atoms with Crippen molar-refractivity contribution in [3.05, 3.63) is 66.0 Å². The van der Waals surface area contributed by atoms with E-state index < -0.39 is 0 Å². The highest BCUT2D eigenvalue weighted by atomic mass is 16.3. The van der Waals surface area contributed by atoms with Crippen LogP contribution in [0.3, 0.4) is 0 Å². The Morgan fingerprint density at radius 1 is 0.952 bits per heavy atom. The first-order valence-electron chi connectivity index (χ1n) is 6.40. The van der Waals surface area contributed by atoms with Crippen molar-refractivity contribution in [2.45, 2.75) is 0 Å². The van der Waals surface area contributed by atoms with Gasteiger partial charge in [0.15, 0.2) is 5.82 Å². The van der Waals surface area contributed by atoms with E-state index >= 15 is 0 Å². The number of hydrogen-bond acceptors (Lipinski definition) is 4. The van der Waals surface area contributed by atoms with Crippen molar-refractivity contribution in [3.63, 3.8) is 0 Å². The van der Waals surface area contributed by atoms with E-state index in [-0.39, 0.29) is 11.6 Å². The van der Waals surface area contributed by atoms with Gasteiger partial charge in [-0.3, -0.25) is 0 Å². The Kier molecular flexibility index (Phi) is 3.39. The maximum atomic E-state index is 9.91. The number of aromatic hydroxyl groups is 2. The summed E-state index contributed by atoms with van der Waals surface area (Å²) >= 11 is 0. The van der Waals surface area contributed by atoms with Crippen LogP contribution in [0.5, 0.6) is 11.6 Å². The molecule has 2 N–H and O–H groups in total. The molecule has 0 unspecified atom stereocenters. The molecule has 0 atom stereocenters. The fourth-order valence-corrected chi connectivity index (χ4v) is 1.89.